The lowest BCUT2D eigenvalue weighted by Crippen LogP contribution is -2.27. The van der Waals surface area contributed by atoms with Crippen LogP contribution in [0.1, 0.15) is 56.9 Å². The maximum Gasteiger partial charge on any atom is 0.238 e. The first-order valence-corrected chi connectivity index (χ1v) is 11.7. The smallest absolute Gasteiger partial charge is 0.238 e. The predicted octanol–water partition coefficient (Wildman–Crippen LogP) is 5.77. The van der Waals surface area contributed by atoms with Gasteiger partial charge in [-0.2, -0.15) is 0 Å². The quantitative estimate of drug-likeness (QED) is 0.490. The number of hydrogen-bond donors (Lipinski definition) is 1. The molecule has 1 aliphatic rings. The van der Waals surface area contributed by atoms with Gasteiger partial charge in [0.05, 0.1) is 12.4 Å². The van der Waals surface area contributed by atoms with E-state index in [0.29, 0.717) is 18.8 Å². The minimum absolute atomic E-state index is 0.0433. The molecular weight excluding hydrogens is 396 g/mol. The Morgan fingerprint density at radius 2 is 1.93 bits per heavy atom. The molecule has 1 fully saturated rings. The summed E-state index contributed by atoms with van der Waals surface area (Å²) in [5.74, 6) is 1.35. The molecule has 0 spiro atoms. The first-order valence-electron chi connectivity index (χ1n) is 10.7. The first kappa shape index (κ1) is 22.2. The number of carbonyl (C=O) groups is 2. The molecule has 0 aliphatic carbocycles. The number of benzene rings is 2. The van der Waals surface area contributed by atoms with E-state index in [1.54, 1.807) is 11.8 Å². The fourth-order valence-corrected chi connectivity index (χ4v) is 4.69. The van der Waals surface area contributed by atoms with Crippen LogP contribution in [0.25, 0.3) is 0 Å². The Labute approximate surface area is 183 Å². The summed E-state index contributed by atoms with van der Waals surface area (Å²) in [5.41, 5.74) is 2.63. The van der Waals surface area contributed by atoms with Crippen molar-refractivity contribution in [1.82, 2.24) is 0 Å². The second-order valence-corrected chi connectivity index (χ2v) is 8.41. The predicted molar refractivity (Wildman–Crippen MR) is 124 cm³/mol. The Kier molecular flexibility index (Phi) is 8.20. The van der Waals surface area contributed by atoms with Gasteiger partial charge in [0.1, 0.15) is 11.1 Å². The molecule has 30 heavy (non-hydrogen) atoms. The van der Waals surface area contributed by atoms with E-state index in [4.69, 9.17) is 4.74 Å². The summed E-state index contributed by atoms with van der Waals surface area (Å²) in [6.07, 6.45) is 4.86. The summed E-state index contributed by atoms with van der Waals surface area (Å²) in [7, 11) is 0. The van der Waals surface area contributed by atoms with Crippen molar-refractivity contribution in [2.24, 2.45) is 0 Å². The van der Waals surface area contributed by atoms with E-state index in [1.165, 1.54) is 0 Å². The Hall–Kier alpha value is -2.47. The van der Waals surface area contributed by atoms with Gasteiger partial charge in [0.15, 0.2) is 0 Å². The zero-order valence-corrected chi connectivity index (χ0v) is 18.5. The van der Waals surface area contributed by atoms with Gasteiger partial charge in [-0.1, -0.05) is 38.3 Å². The van der Waals surface area contributed by atoms with E-state index in [1.807, 2.05) is 60.4 Å². The van der Waals surface area contributed by atoms with E-state index in [-0.39, 0.29) is 17.2 Å². The molecule has 0 radical (unpaired) electrons. The van der Waals surface area contributed by atoms with Gasteiger partial charge in [0.25, 0.3) is 0 Å². The zero-order chi connectivity index (χ0) is 21.3. The molecule has 3 rings (SSSR count). The molecule has 1 N–H and O–H groups in total. The molecule has 1 saturated heterocycles. The highest BCUT2D eigenvalue weighted by Crippen LogP contribution is 2.42. The van der Waals surface area contributed by atoms with Crippen molar-refractivity contribution in [3.8, 4) is 5.75 Å². The van der Waals surface area contributed by atoms with Crippen molar-refractivity contribution in [3.63, 3.8) is 0 Å². The summed E-state index contributed by atoms with van der Waals surface area (Å²) < 4.78 is 5.51. The van der Waals surface area contributed by atoms with Crippen LogP contribution < -0.4 is 15.0 Å². The molecule has 160 valence electrons. The van der Waals surface area contributed by atoms with Crippen molar-refractivity contribution in [2.75, 3.05) is 22.6 Å². The summed E-state index contributed by atoms with van der Waals surface area (Å²) in [6, 6.07) is 15.4. The van der Waals surface area contributed by atoms with Gasteiger partial charge in [-0.3, -0.25) is 14.5 Å². The second kappa shape index (κ2) is 11.1. The highest BCUT2D eigenvalue weighted by Gasteiger charge is 2.34. The number of carbonyl (C=O) groups excluding carboxylic acids is 2. The van der Waals surface area contributed by atoms with Gasteiger partial charge in [0.2, 0.25) is 11.8 Å². The molecule has 6 heteroatoms. The van der Waals surface area contributed by atoms with Crippen molar-refractivity contribution in [2.45, 2.75) is 51.3 Å². The maximum atomic E-state index is 12.6. The summed E-state index contributed by atoms with van der Waals surface area (Å²) >= 11 is 1.60. The van der Waals surface area contributed by atoms with Crippen LogP contribution in [-0.2, 0) is 9.59 Å². The standard InChI is InChI=1S/C24H30N2O3S/c1-3-5-6-7-11-22(27)25-19-10-8-9-18(16-19)24-26(23(28)17-30-24)20-12-14-21(15-13-20)29-4-2/h8-10,12-16,24H,3-7,11,17H2,1-2H3,(H,25,27)/t24-/m1/s1. The van der Waals surface area contributed by atoms with Crippen molar-refractivity contribution >= 4 is 35.0 Å². The third-order valence-electron chi connectivity index (χ3n) is 5.01. The summed E-state index contributed by atoms with van der Waals surface area (Å²) in [5, 5.41) is 2.89. The second-order valence-electron chi connectivity index (χ2n) is 7.34. The summed E-state index contributed by atoms with van der Waals surface area (Å²) in [6.45, 7) is 4.72. The number of thioether (sulfide) groups is 1. The molecule has 0 saturated carbocycles. The lowest BCUT2D eigenvalue weighted by atomic mass is 10.1. The van der Waals surface area contributed by atoms with Crippen LogP contribution in [0.3, 0.4) is 0 Å². The van der Waals surface area contributed by atoms with E-state index < -0.39 is 0 Å². The topological polar surface area (TPSA) is 58.6 Å². The number of anilines is 2. The third-order valence-corrected chi connectivity index (χ3v) is 6.22. The Morgan fingerprint density at radius 1 is 1.13 bits per heavy atom. The average Bonchev–Trinajstić information content (AvgIpc) is 3.14. The molecule has 1 heterocycles. The number of ether oxygens (including phenoxy) is 1. The molecule has 2 aromatic carbocycles. The number of amides is 2. The van der Waals surface area contributed by atoms with E-state index >= 15 is 0 Å². The molecule has 0 unspecified atom stereocenters. The third kappa shape index (κ3) is 5.79. The van der Waals surface area contributed by atoms with Crippen LogP contribution in [0.2, 0.25) is 0 Å². The highest BCUT2D eigenvalue weighted by atomic mass is 32.2. The number of hydrogen-bond acceptors (Lipinski definition) is 4. The van der Waals surface area contributed by atoms with Crippen LogP contribution in [0.15, 0.2) is 48.5 Å². The van der Waals surface area contributed by atoms with Gasteiger partial charge in [0, 0.05) is 17.8 Å². The van der Waals surface area contributed by atoms with Gasteiger partial charge in [-0.15, -0.1) is 11.8 Å². The first-order chi connectivity index (χ1) is 14.6. The maximum absolute atomic E-state index is 12.6. The molecule has 2 amide bonds. The Bertz CT molecular complexity index is 854. The van der Waals surface area contributed by atoms with Crippen LogP contribution in [0.4, 0.5) is 11.4 Å². The molecule has 1 aliphatic heterocycles. The van der Waals surface area contributed by atoms with Crippen molar-refractivity contribution < 1.29 is 14.3 Å². The van der Waals surface area contributed by atoms with Crippen LogP contribution in [0.5, 0.6) is 5.75 Å². The van der Waals surface area contributed by atoms with Gasteiger partial charge in [-0.25, -0.2) is 0 Å². The average molecular weight is 427 g/mol. The fraction of sp³-hybridized carbons (Fsp3) is 0.417. The van der Waals surface area contributed by atoms with Gasteiger partial charge in [-0.05, 0) is 55.3 Å². The van der Waals surface area contributed by atoms with Gasteiger partial charge >= 0.3 is 0 Å². The minimum atomic E-state index is -0.114. The van der Waals surface area contributed by atoms with Crippen molar-refractivity contribution in [3.05, 3.63) is 54.1 Å². The normalized spacial score (nSPS) is 16.0. The molecular formula is C24H30N2O3S. The van der Waals surface area contributed by atoms with Crippen LogP contribution in [0, 0.1) is 0 Å². The molecule has 5 nitrogen and oxygen atoms in total. The monoisotopic (exact) mass is 426 g/mol. The highest BCUT2D eigenvalue weighted by molar-refractivity contribution is 8.00. The van der Waals surface area contributed by atoms with E-state index in [9.17, 15) is 9.59 Å². The molecule has 2 aromatic rings. The van der Waals surface area contributed by atoms with E-state index in [2.05, 4.69) is 12.2 Å². The number of unbranched alkanes of at least 4 members (excludes halogenated alkanes) is 3. The molecule has 0 aromatic heterocycles. The number of rotatable bonds is 10. The Morgan fingerprint density at radius 3 is 2.67 bits per heavy atom. The van der Waals surface area contributed by atoms with Crippen LogP contribution in [-0.4, -0.2) is 24.2 Å². The largest absolute Gasteiger partial charge is 0.494 e. The number of nitrogens with zero attached hydrogens (tertiary/aromatic N) is 1. The minimum Gasteiger partial charge on any atom is -0.494 e. The van der Waals surface area contributed by atoms with Crippen LogP contribution >= 0.6 is 11.8 Å². The fourth-order valence-electron chi connectivity index (χ4n) is 3.53. The SMILES string of the molecule is CCCCCCC(=O)Nc1cccc([C@H]2SCC(=O)N2c2ccc(OCC)cc2)c1. The molecule has 0 bridgehead atoms. The van der Waals surface area contributed by atoms with Crippen molar-refractivity contribution in [1.29, 1.82) is 0 Å². The van der Waals surface area contributed by atoms with Gasteiger partial charge < -0.3 is 10.1 Å². The zero-order valence-electron chi connectivity index (χ0n) is 17.7. The Balaban J connectivity index is 1.70. The molecule has 1 atom stereocenters. The number of nitrogens with one attached hydrogen (secondary N) is 1. The van der Waals surface area contributed by atoms with E-state index in [0.717, 1.165) is 48.4 Å². The lowest BCUT2D eigenvalue weighted by Gasteiger charge is -2.25. The summed E-state index contributed by atoms with van der Waals surface area (Å²) in [4.78, 5) is 26.7. The lowest BCUT2D eigenvalue weighted by molar-refractivity contribution is -0.117.